The molecule has 3 aliphatic rings. The van der Waals surface area contributed by atoms with Crippen molar-refractivity contribution in [3.05, 3.63) is 29.8 Å². The second kappa shape index (κ2) is 8.48. The first kappa shape index (κ1) is 19.2. The number of aliphatic hydroxyl groups is 1. The molecule has 0 unspecified atom stereocenters. The second-order valence-corrected chi connectivity index (χ2v) is 8.45. The zero-order chi connectivity index (χ0) is 18.7. The summed E-state index contributed by atoms with van der Waals surface area (Å²) < 4.78 is 11.4. The molecule has 0 saturated carbocycles. The summed E-state index contributed by atoms with van der Waals surface area (Å²) in [6.45, 7) is 8.89. The molecule has 150 valence electrons. The van der Waals surface area contributed by atoms with Crippen LogP contribution in [0.3, 0.4) is 0 Å². The molecule has 5 nitrogen and oxygen atoms in total. The Morgan fingerprint density at radius 1 is 1.26 bits per heavy atom. The zero-order valence-corrected chi connectivity index (χ0v) is 16.6. The number of rotatable bonds is 8. The lowest BCUT2D eigenvalue weighted by Gasteiger charge is -2.35. The third-order valence-electron chi connectivity index (χ3n) is 7.05. The van der Waals surface area contributed by atoms with Gasteiger partial charge in [-0.1, -0.05) is 19.1 Å². The van der Waals surface area contributed by atoms with Crippen LogP contribution in [-0.2, 0) is 11.3 Å². The minimum Gasteiger partial charge on any atom is -0.492 e. The van der Waals surface area contributed by atoms with Gasteiger partial charge < -0.3 is 14.6 Å². The summed E-state index contributed by atoms with van der Waals surface area (Å²) in [5.74, 6) is 0.969. The van der Waals surface area contributed by atoms with Crippen LogP contribution in [-0.4, -0.2) is 73.1 Å². The van der Waals surface area contributed by atoms with Crippen molar-refractivity contribution in [3.63, 3.8) is 0 Å². The van der Waals surface area contributed by atoms with Crippen molar-refractivity contribution < 1.29 is 14.6 Å². The first-order valence-electron chi connectivity index (χ1n) is 10.6. The van der Waals surface area contributed by atoms with Crippen LogP contribution in [0.4, 0.5) is 0 Å². The Bertz CT molecular complexity index is 613. The third kappa shape index (κ3) is 4.02. The Kier molecular flexibility index (Phi) is 6.02. The first-order chi connectivity index (χ1) is 13.2. The Morgan fingerprint density at radius 2 is 2.11 bits per heavy atom. The molecular formula is C22H34N2O3. The largest absolute Gasteiger partial charge is 0.492 e. The second-order valence-electron chi connectivity index (χ2n) is 8.45. The normalized spacial score (nSPS) is 31.5. The quantitative estimate of drug-likeness (QED) is 0.758. The predicted octanol–water partition coefficient (Wildman–Crippen LogP) is 2.52. The van der Waals surface area contributed by atoms with Gasteiger partial charge >= 0.3 is 0 Å². The van der Waals surface area contributed by atoms with Gasteiger partial charge in [0.15, 0.2) is 0 Å². The maximum absolute atomic E-state index is 10.0. The standard InChI is InChI=1S/C22H34N2O3/c1-2-22(17-25)15-19-6-7-21(22)24(19)16-18-4-3-5-20(14-18)27-13-10-23-8-11-26-12-9-23/h3-5,14,19,21,25H,2,6-13,15-17H2,1H3/t19-,21+,22-/m0/s1. The molecule has 1 N–H and O–H groups in total. The van der Waals surface area contributed by atoms with Crippen molar-refractivity contribution in [2.75, 3.05) is 46.1 Å². The molecule has 1 aromatic rings. The Morgan fingerprint density at radius 3 is 2.85 bits per heavy atom. The van der Waals surface area contributed by atoms with Gasteiger partial charge in [-0.15, -0.1) is 0 Å². The Balaban J connectivity index is 1.33. The first-order valence-corrected chi connectivity index (χ1v) is 10.6. The molecule has 27 heavy (non-hydrogen) atoms. The molecule has 4 rings (SSSR count). The molecule has 0 aromatic heterocycles. The average molecular weight is 375 g/mol. The summed E-state index contributed by atoms with van der Waals surface area (Å²) in [4.78, 5) is 5.04. The van der Waals surface area contributed by atoms with E-state index in [1.807, 2.05) is 0 Å². The lowest BCUT2D eigenvalue weighted by Crippen LogP contribution is -2.39. The summed E-state index contributed by atoms with van der Waals surface area (Å²) in [7, 11) is 0. The van der Waals surface area contributed by atoms with Crippen molar-refractivity contribution >= 4 is 0 Å². The molecule has 0 amide bonds. The van der Waals surface area contributed by atoms with Gasteiger partial charge in [-0.2, -0.15) is 0 Å². The minimum absolute atomic E-state index is 0.120. The van der Waals surface area contributed by atoms with Crippen LogP contribution in [0.5, 0.6) is 5.75 Å². The maximum atomic E-state index is 10.0. The molecule has 0 spiro atoms. The van der Waals surface area contributed by atoms with Crippen LogP contribution in [0, 0.1) is 5.41 Å². The highest BCUT2D eigenvalue weighted by Gasteiger charge is 2.54. The number of fused-ring (bicyclic) bond motifs is 2. The number of aliphatic hydroxyl groups excluding tert-OH is 1. The highest BCUT2D eigenvalue weighted by Crippen LogP contribution is 2.51. The van der Waals surface area contributed by atoms with Crippen molar-refractivity contribution in [1.29, 1.82) is 0 Å². The number of hydrogen-bond acceptors (Lipinski definition) is 5. The SMILES string of the molecule is CC[C@@]1(CO)C[C@@H]2CC[C@H]1N2Cc1cccc(OCCN2CCOCC2)c1. The smallest absolute Gasteiger partial charge is 0.119 e. The van der Waals surface area contributed by atoms with E-state index in [0.717, 1.165) is 64.6 Å². The molecule has 5 heteroatoms. The number of ether oxygens (including phenoxy) is 2. The summed E-state index contributed by atoms with van der Waals surface area (Å²) >= 11 is 0. The summed E-state index contributed by atoms with van der Waals surface area (Å²) in [6.07, 6.45) is 4.74. The fourth-order valence-corrected chi connectivity index (χ4v) is 5.38. The van der Waals surface area contributed by atoms with E-state index < -0.39 is 0 Å². The van der Waals surface area contributed by atoms with E-state index >= 15 is 0 Å². The molecule has 3 fully saturated rings. The fraction of sp³-hybridized carbons (Fsp3) is 0.727. The molecule has 0 radical (unpaired) electrons. The highest BCUT2D eigenvalue weighted by atomic mass is 16.5. The third-order valence-corrected chi connectivity index (χ3v) is 7.05. The van der Waals surface area contributed by atoms with E-state index in [-0.39, 0.29) is 5.41 Å². The molecule has 1 aromatic carbocycles. The van der Waals surface area contributed by atoms with Crippen molar-refractivity contribution in [3.8, 4) is 5.75 Å². The molecule has 0 aliphatic carbocycles. The predicted molar refractivity (Wildman–Crippen MR) is 106 cm³/mol. The number of morpholine rings is 1. The van der Waals surface area contributed by atoms with E-state index in [2.05, 4.69) is 41.0 Å². The van der Waals surface area contributed by atoms with Gasteiger partial charge in [0.05, 0.1) is 19.8 Å². The van der Waals surface area contributed by atoms with E-state index in [1.165, 1.54) is 18.4 Å². The van der Waals surface area contributed by atoms with Crippen LogP contribution in [0.1, 0.15) is 38.2 Å². The van der Waals surface area contributed by atoms with Gasteiger partial charge in [-0.3, -0.25) is 9.80 Å². The Hall–Kier alpha value is -1.14. The molecule has 2 bridgehead atoms. The minimum atomic E-state index is 0.120. The van der Waals surface area contributed by atoms with Gasteiger partial charge in [0.25, 0.3) is 0 Å². The zero-order valence-electron chi connectivity index (χ0n) is 16.6. The van der Waals surface area contributed by atoms with Gasteiger partial charge in [0.2, 0.25) is 0 Å². The van der Waals surface area contributed by atoms with Crippen LogP contribution in [0.25, 0.3) is 0 Å². The molecule has 3 saturated heterocycles. The van der Waals surface area contributed by atoms with Crippen LogP contribution in [0.2, 0.25) is 0 Å². The van der Waals surface area contributed by atoms with E-state index in [1.54, 1.807) is 0 Å². The number of benzene rings is 1. The lowest BCUT2D eigenvalue weighted by atomic mass is 9.72. The maximum Gasteiger partial charge on any atom is 0.119 e. The van der Waals surface area contributed by atoms with Crippen molar-refractivity contribution in [1.82, 2.24) is 9.80 Å². The van der Waals surface area contributed by atoms with Crippen LogP contribution in [0.15, 0.2) is 24.3 Å². The monoisotopic (exact) mass is 374 g/mol. The summed E-state index contributed by atoms with van der Waals surface area (Å²) in [6, 6.07) is 9.74. The van der Waals surface area contributed by atoms with E-state index in [0.29, 0.717) is 18.7 Å². The van der Waals surface area contributed by atoms with E-state index in [9.17, 15) is 5.11 Å². The average Bonchev–Trinajstić information content (AvgIpc) is 3.24. The van der Waals surface area contributed by atoms with E-state index in [4.69, 9.17) is 9.47 Å². The van der Waals surface area contributed by atoms with Gasteiger partial charge in [-0.05, 0) is 43.4 Å². The molecule has 3 atom stereocenters. The Labute approximate surface area is 163 Å². The number of hydrogen-bond donors (Lipinski definition) is 1. The van der Waals surface area contributed by atoms with Gasteiger partial charge in [0.1, 0.15) is 12.4 Å². The van der Waals surface area contributed by atoms with Crippen LogP contribution < -0.4 is 4.74 Å². The lowest BCUT2D eigenvalue weighted by molar-refractivity contribution is 0.0322. The summed E-state index contributed by atoms with van der Waals surface area (Å²) in [5.41, 5.74) is 1.44. The highest BCUT2D eigenvalue weighted by molar-refractivity contribution is 5.29. The van der Waals surface area contributed by atoms with Gasteiger partial charge in [-0.25, -0.2) is 0 Å². The van der Waals surface area contributed by atoms with Crippen LogP contribution >= 0.6 is 0 Å². The molecule has 3 heterocycles. The van der Waals surface area contributed by atoms with Crippen molar-refractivity contribution in [2.24, 2.45) is 5.41 Å². The molecular weight excluding hydrogens is 340 g/mol. The fourth-order valence-electron chi connectivity index (χ4n) is 5.38. The number of nitrogens with zero attached hydrogens (tertiary/aromatic N) is 2. The van der Waals surface area contributed by atoms with Crippen molar-refractivity contribution in [2.45, 2.75) is 51.2 Å². The summed E-state index contributed by atoms with van der Waals surface area (Å²) in [5, 5.41) is 10.0. The molecule has 3 aliphatic heterocycles. The van der Waals surface area contributed by atoms with Gasteiger partial charge in [0, 0.05) is 43.7 Å². The topological polar surface area (TPSA) is 45.2 Å².